The number of hydrogen-bond acceptors (Lipinski definition) is 2. The van der Waals surface area contributed by atoms with Crippen LogP contribution in [0.4, 0.5) is 4.39 Å². The fraction of sp³-hybridized carbons (Fsp3) is 0.222. The molecule has 1 N–H and O–H groups in total. The minimum absolute atomic E-state index is 0.112. The molecule has 2 nitrogen and oxygen atoms in total. The average Bonchev–Trinajstić information content (AvgIpc) is 2.32. The van der Waals surface area contributed by atoms with Gasteiger partial charge in [0.1, 0.15) is 11.9 Å². The number of Topliss-reactive ketones (excluding diaryl/α,β-unsaturated/α-hetero) is 1. The molecule has 1 aromatic rings. The van der Waals surface area contributed by atoms with Crippen molar-refractivity contribution >= 4 is 5.78 Å². The minimum atomic E-state index is -1.04. The van der Waals surface area contributed by atoms with E-state index in [1.807, 2.05) is 0 Å². The number of carbonyl (C=O) groups is 1. The predicted octanol–water partition coefficient (Wildman–Crippen LogP) is 0.925. The molecular weight excluding hydrogens is 159 g/mol. The van der Waals surface area contributed by atoms with Crippen molar-refractivity contribution < 1.29 is 14.3 Å². The zero-order valence-corrected chi connectivity index (χ0v) is 6.25. The predicted molar refractivity (Wildman–Crippen MR) is 40.4 cm³/mol. The summed E-state index contributed by atoms with van der Waals surface area (Å²) in [4.78, 5) is 11.1. The molecule has 0 heterocycles. The third-order valence-electron chi connectivity index (χ3n) is 2.08. The molecule has 1 aliphatic carbocycles. The fourth-order valence-corrected chi connectivity index (χ4v) is 1.46. The summed E-state index contributed by atoms with van der Waals surface area (Å²) in [6, 6.07) is 4.31. The van der Waals surface area contributed by atoms with Gasteiger partial charge in [-0.3, -0.25) is 4.79 Å². The number of benzene rings is 1. The zero-order valence-electron chi connectivity index (χ0n) is 6.25. The lowest BCUT2D eigenvalue weighted by Crippen LogP contribution is -2.13. The number of hydrogen-bond donors (Lipinski definition) is 1. The topological polar surface area (TPSA) is 37.3 Å². The van der Waals surface area contributed by atoms with E-state index in [0.29, 0.717) is 11.1 Å². The first-order valence-electron chi connectivity index (χ1n) is 3.70. The van der Waals surface area contributed by atoms with Crippen molar-refractivity contribution in [2.45, 2.75) is 12.5 Å². The van der Waals surface area contributed by atoms with Crippen LogP contribution in [-0.4, -0.2) is 17.0 Å². The third-order valence-corrected chi connectivity index (χ3v) is 2.08. The maximum atomic E-state index is 13.0. The van der Waals surface area contributed by atoms with E-state index >= 15 is 0 Å². The molecule has 0 bridgehead atoms. The molecule has 0 aromatic heterocycles. The van der Waals surface area contributed by atoms with Gasteiger partial charge >= 0.3 is 0 Å². The van der Waals surface area contributed by atoms with Gasteiger partial charge in [-0.15, -0.1) is 0 Å². The van der Waals surface area contributed by atoms with Crippen LogP contribution in [0.25, 0.3) is 0 Å². The van der Waals surface area contributed by atoms with Crippen molar-refractivity contribution in [1.82, 2.24) is 0 Å². The molecule has 0 saturated carbocycles. The maximum Gasteiger partial charge on any atom is 0.191 e. The zero-order chi connectivity index (χ0) is 8.72. The van der Waals surface area contributed by atoms with E-state index in [1.54, 1.807) is 0 Å². The number of aliphatic hydroxyl groups is 1. The molecule has 1 unspecified atom stereocenters. The van der Waals surface area contributed by atoms with Crippen LogP contribution in [0.2, 0.25) is 0 Å². The second kappa shape index (κ2) is 2.38. The summed E-state index contributed by atoms with van der Waals surface area (Å²) in [6.07, 6.45) is -0.933. The second-order valence-corrected chi connectivity index (χ2v) is 2.85. The van der Waals surface area contributed by atoms with Crippen LogP contribution in [0.1, 0.15) is 15.9 Å². The van der Waals surface area contributed by atoms with Gasteiger partial charge in [-0.05, 0) is 6.07 Å². The molecule has 2 rings (SSSR count). The molecule has 12 heavy (non-hydrogen) atoms. The van der Waals surface area contributed by atoms with Gasteiger partial charge in [-0.25, -0.2) is 4.39 Å². The van der Waals surface area contributed by atoms with E-state index in [9.17, 15) is 9.18 Å². The van der Waals surface area contributed by atoms with E-state index in [4.69, 9.17) is 5.11 Å². The number of halogens is 1. The molecule has 1 atom stereocenters. The van der Waals surface area contributed by atoms with Crippen molar-refractivity contribution in [3.63, 3.8) is 0 Å². The highest BCUT2D eigenvalue weighted by molar-refractivity contribution is 6.03. The van der Waals surface area contributed by atoms with E-state index in [2.05, 4.69) is 0 Å². The number of fused-ring (bicyclic) bond motifs is 1. The fourth-order valence-electron chi connectivity index (χ4n) is 1.46. The van der Waals surface area contributed by atoms with Gasteiger partial charge in [-0.2, -0.15) is 0 Å². The SMILES string of the molecule is O=C1c2cccc(F)c2CC1O. The lowest BCUT2D eigenvalue weighted by atomic mass is 10.1. The Kier molecular flexibility index (Phi) is 1.48. The molecule has 0 saturated heterocycles. The van der Waals surface area contributed by atoms with Crippen LogP contribution in [0, 0.1) is 5.82 Å². The Balaban J connectivity index is 2.61. The van der Waals surface area contributed by atoms with Crippen LogP contribution >= 0.6 is 0 Å². The molecular formula is C9H7FO2. The number of aliphatic hydroxyl groups excluding tert-OH is 1. The Morgan fingerprint density at radius 3 is 2.92 bits per heavy atom. The lowest BCUT2D eigenvalue weighted by molar-refractivity contribution is 0.0780. The molecule has 0 radical (unpaired) electrons. The van der Waals surface area contributed by atoms with Crippen molar-refractivity contribution in [3.05, 3.63) is 35.1 Å². The first kappa shape index (κ1) is 7.43. The van der Waals surface area contributed by atoms with E-state index < -0.39 is 11.9 Å². The monoisotopic (exact) mass is 166 g/mol. The second-order valence-electron chi connectivity index (χ2n) is 2.85. The molecule has 3 heteroatoms. The Labute approximate surface area is 68.6 Å². The van der Waals surface area contributed by atoms with Crippen LogP contribution in [-0.2, 0) is 6.42 Å². The average molecular weight is 166 g/mol. The summed E-state index contributed by atoms with van der Waals surface area (Å²) in [6.45, 7) is 0. The standard InChI is InChI=1S/C9H7FO2/c10-7-3-1-2-5-6(7)4-8(11)9(5)12/h1-3,8,11H,4H2. The van der Waals surface area contributed by atoms with Crippen molar-refractivity contribution in [2.24, 2.45) is 0 Å². The molecule has 1 aromatic carbocycles. The normalized spacial score (nSPS) is 21.2. The largest absolute Gasteiger partial charge is 0.385 e. The smallest absolute Gasteiger partial charge is 0.191 e. The minimum Gasteiger partial charge on any atom is -0.385 e. The Morgan fingerprint density at radius 1 is 1.50 bits per heavy atom. The van der Waals surface area contributed by atoms with E-state index in [-0.39, 0.29) is 12.2 Å². The lowest BCUT2D eigenvalue weighted by Gasteiger charge is -1.95. The Bertz CT molecular complexity index is 346. The van der Waals surface area contributed by atoms with Crippen LogP contribution < -0.4 is 0 Å². The highest BCUT2D eigenvalue weighted by atomic mass is 19.1. The van der Waals surface area contributed by atoms with E-state index in [1.165, 1.54) is 18.2 Å². The molecule has 0 aliphatic heterocycles. The van der Waals surface area contributed by atoms with Crippen molar-refractivity contribution in [2.75, 3.05) is 0 Å². The number of rotatable bonds is 0. The van der Waals surface area contributed by atoms with E-state index in [0.717, 1.165) is 0 Å². The summed E-state index contributed by atoms with van der Waals surface area (Å²) in [5.74, 6) is -0.776. The Hall–Kier alpha value is -1.22. The van der Waals surface area contributed by atoms with Gasteiger partial charge in [0.05, 0.1) is 0 Å². The van der Waals surface area contributed by atoms with Crippen LogP contribution in [0.15, 0.2) is 18.2 Å². The quantitative estimate of drug-likeness (QED) is 0.622. The van der Waals surface area contributed by atoms with Gasteiger partial charge in [0.25, 0.3) is 0 Å². The molecule has 62 valence electrons. The van der Waals surface area contributed by atoms with Gasteiger partial charge in [0, 0.05) is 17.5 Å². The molecule has 0 fully saturated rings. The first-order valence-corrected chi connectivity index (χ1v) is 3.70. The summed E-state index contributed by atoms with van der Waals surface area (Å²) in [5, 5.41) is 9.13. The number of ketones is 1. The summed E-state index contributed by atoms with van der Waals surface area (Å²) < 4.78 is 13.0. The highest BCUT2D eigenvalue weighted by Gasteiger charge is 2.30. The summed E-state index contributed by atoms with van der Waals surface area (Å²) >= 11 is 0. The highest BCUT2D eigenvalue weighted by Crippen LogP contribution is 2.24. The van der Waals surface area contributed by atoms with Gasteiger partial charge in [0.2, 0.25) is 0 Å². The van der Waals surface area contributed by atoms with Gasteiger partial charge < -0.3 is 5.11 Å². The third kappa shape index (κ3) is 0.865. The first-order chi connectivity index (χ1) is 5.70. The van der Waals surface area contributed by atoms with Crippen LogP contribution in [0.5, 0.6) is 0 Å². The van der Waals surface area contributed by atoms with Crippen molar-refractivity contribution in [1.29, 1.82) is 0 Å². The summed E-state index contributed by atoms with van der Waals surface area (Å²) in [7, 11) is 0. The summed E-state index contributed by atoms with van der Waals surface area (Å²) in [5.41, 5.74) is 0.664. The molecule has 0 amide bonds. The van der Waals surface area contributed by atoms with Crippen LogP contribution in [0.3, 0.4) is 0 Å². The van der Waals surface area contributed by atoms with Gasteiger partial charge in [0.15, 0.2) is 5.78 Å². The molecule has 0 spiro atoms. The Morgan fingerprint density at radius 2 is 2.25 bits per heavy atom. The number of carbonyl (C=O) groups excluding carboxylic acids is 1. The van der Waals surface area contributed by atoms with Gasteiger partial charge in [-0.1, -0.05) is 12.1 Å². The van der Waals surface area contributed by atoms with Crippen molar-refractivity contribution in [3.8, 4) is 0 Å². The maximum absolute atomic E-state index is 13.0. The molecule has 1 aliphatic rings.